The van der Waals surface area contributed by atoms with Gasteiger partial charge in [-0.2, -0.15) is 0 Å². The van der Waals surface area contributed by atoms with Crippen molar-refractivity contribution >= 4 is 17.0 Å². The van der Waals surface area contributed by atoms with Gasteiger partial charge in [0.2, 0.25) is 0 Å². The molecule has 21 heavy (non-hydrogen) atoms. The highest BCUT2D eigenvalue weighted by Crippen LogP contribution is 2.17. The summed E-state index contributed by atoms with van der Waals surface area (Å²) in [4.78, 5) is 26.2. The van der Waals surface area contributed by atoms with E-state index < -0.39 is 5.97 Å². The second-order valence-electron chi connectivity index (χ2n) is 4.47. The van der Waals surface area contributed by atoms with Gasteiger partial charge in [0.1, 0.15) is 5.82 Å². The summed E-state index contributed by atoms with van der Waals surface area (Å²) in [7, 11) is 1.29. The van der Waals surface area contributed by atoms with Crippen LogP contribution in [0.15, 0.2) is 47.3 Å². The van der Waals surface area contributed by atoms with Crippen LogP contribution in [0.4, 0.5) is 4.39 Å². The van der Waals surface area contributed by atoms with Crippen LogP contribution in [0.2, 0.25) is 0 Å². The van der Waals surface area contributed by atoms with E-state index in [-0.39, 0.29) is 11.5 Å². The molecule has 3 rings (SSSR count). The highest BCUT2D eigenvalue weighted by atomic mass is 19.1. The van der Waals surface area contributed by atoms with E-state index >= 15 is 0 Å². The standard InChI is InChI=1S/C15H11FN2O3/c1-21-14(19)9-2-7-13-12(8-9)17-15(20)18(13)11-5-3-10(16)4-6-11/h2-8H,1H3,(H,17,20). The highest BCUT2D eigenvalue weighted by Gasteiger charge is 2.12. The Balaban J connectivity index is 2.20. The molecule has 6 heteroatoms. The number of aromatic nitrogens is 2. The number of methoxy groups -OCH3 is 1. The molecule has 0 bridgehead atoms. The zero-order valence-electron chi connectivity index (χ0n) is 11.1. The third-order valence-corrected chi connectivity index (χ3v) is 3.19. The van der Waals surface area contributed by atoms with Gasteiger partial charge in [-0.3, -0.25) is 4.57 Å². The molecule has 0 aliphatic heterocycles. The normalized spacial score (nSPS) is 10.8. The first-order valence-corrected chi connectivity index (χ1v) is 6.19. The van der Waals surface area contributed by atoms with Crippen molar-refractivity contribution in [1.29, 1.82) is 0 Å². The monoisotopic (exact) mass is 286 g/mol. The highest BCUT2D eigenvalue weighted by molar-refractivity contribution is 5.93. The number of carbonyl (C=O) groups is 1. The molecule has 3 aromatic rings. The number of aromatic amines is 1. The summed E-state index contributed by atoms with van der Waals surface area (Å²) in [6.07, 6.45) is 0. The number of hydrogen-bond donors (Lipinski definition) is 1. The molecular formula is C15H11FN2O3. The van der Waals surface area contributed by atoms with E-state index in [9.17, 15) is 14.0 Å². The van der Waals surface area contributed by atoms with Crippen LogP contribution in [-0.2, 0) is 4.74 Å². The lowest BCUT2D eigenvalue weighted by molar-refractivity contribution is 0.0601. The van der Waals surface area contributed by atoms with Crippen molar-refractivity contribution in [3.8, 4) is 5.69 Å². The topological polar surface area (TPSA) is 64.1 Å². The van der Waals surface area contributed by atoms with Crippen LogP contribution in [0, 0.1) is 5.82 Å². The van der Waals surface area contributed by atoms with Crippen molar-refractivity contribution in [1.82, 2.24) is 9.55 Å². The predicted molar refractivity (Wildman–Crippen MR) is 75.2 cm³/mol. The number of ether oxygens (including phenoxy) is 1. The first kappa shape index (κ1) is 13.1. The van der Waals surface area contributed by atoms with Gasteiger partial charge in [0, 0.05) is 0 Å². The molecule has 1 aromatic heterocycles. The van der Waals surface area contributed by atoms with Crippen molar-refractivity contribution in [3.63, 3.8) is 0 Å². The Labute approximate surface area is 118 Å². The maximum absolute atomic E-state index is 13.0. The first-order chi connectivity index (χ1) is 10.1. The fourth-order valence-electron chi connectivity index (χ4n) is 2.20. The maximum Gasteiger partial charge on any atom is 0.337 e. The molecule has 0 unspecified atom stereocenters. The Bertz CT molecular complexity index is 878. The third-order valence-electron chi connectivity index (χ3n) is 3.19. The van der Waals surface area contributed by atoms with Gasteiger partial charge >= 0.3 is 11.7 Å². The van der Waals surface area contributed by atoms with Crippen molar-refractivity contribution in [3.05, 3.63) is 64.3 Å². The van der Waals surface area contributed by atoms with Crippen LogP contribution in [0.3, 0.4) is 0 Å². The number of imidazole rings is 1. The zero-order chi connectivity index (χ0) is 15.0. The molecule has 106 valence electrons. The van der Waals surface area contributed by atoms with E-state index in [2.05, 4.69) is 9.72 Å². The molecule has 0 spiro atoms. The fraction of sp³-hybridized carbons (Fsp3) is 0.0667. The van der Waals surface area contributed by atoms with Gasteiger partial charge in [-0.05, 0) is 42.5 Å². The molecule has 0 radical (unpaired) electrons. The summed E-state index contributed by atoms with van der Waals surface area (Å²) in [5.74, 6) is -0.855. The Hall–Kier alpha value is -2.89. The Kier molecular flexibility index (Phi) is 3.06. The lowest BCUT2D eigenvalue weighted by Crippen LogP contribution is -2.14. The van der Waals surface area contributed by atoms with E-state index in [1.54, 1.807) is 18.2 Å². The summed E-state index contributed by atoms with van der Waals surface area (Å²) in [5, 5.41) is 0. The minimum absolute atomic E-state index is 0.345. The van der Waals surface area contributed by atoms with Crippen LogP contribution < -0.4 is 5.69 Å². The van der Waals surface area contributed by atoms with Crippen LogP contribution >= 0.6 is 0 Å². The van der Waals surface area contributed by atoms with E-state index in [1.165, 1.54) is 35.9 Å². The average Bonchev–Trinajstić information content (AvgIpc) is 2.82. The first-order valence-electron chi connectivity index (χ1n) is 6.19. The molecule has 2 aromatic carbocycles. The largest absolute Gasteiger partial charge is 0.465 e. The van der Waals surface area contributed by atoms with Crippen molar-refractivity contribution in [2.75, 3.05) is 7.11 Å². The molecule has 1 N–H and O–H groups in total. The number of carbonyl (C=O) groups excluding carboxylic acids is 1. The number of benzene rings is 2. The SMILES string of the molecule is COC(=O)c1ccc2c(c1)[nH]c(=O)n2-c1ccc(F)cc1. The summed E-state index contributed by atoms with van der Waals surface area (Å²) >= 11 is 0. The van der Waals surface area contributed by atoms with Gasteiger partial charge in [-0.15, -0.1) is 0 Å². The molecule has 5 nitrogen and oxygen atoms in total. The number of rotatable bonds is 2. The van der Waals surface area contributed by atoms with Gasteiger partial charge in [0.15, 0.2) is 0 Å². The number of hydrogen-bond acceptors (Lipinski definition) is 3. The molecule has 1 heterocycles. The summed E-state index contributed by atoms with van der Waals surface area (Å²) in [6.45, 7) is 0. The van der Waals surface area contributed by atoms with E-state index in [4.69, 9.17) is 0 Å². The summed E-state index contributed by atoms with van der Waals surface area (Å²) < 4.78 is 19.0. The van der Waals surface area contributed by atoms with Gasteiger partial charge in [-0.1, -0.05) is 0 Å². The second-order valence-corrected chi connectivity index (χ2v) is 4.47. The minimum atomic E-state index is -0.479. The Morgan fingerprint density at radius 3 is 2.57 bits per heavy atom. The molecule has 0 aliphatic carbocycles. The minimum Gasteiger partial charge on any atom is -0.465 e. The summed E-state index contributed by atoms with van der Waals surface area (Å²) in [6, 6.07) is 10.3. The number of halogens is 1. The van der Waals surface area contributed by atoms with Crippen molar-refractivity contribution in [2.24, 2.45) is 0 Å². The molecule has 0 fully saturated rings. The number of nitrogens with zero attached hydrogens (tertiary/aromatic N) is 1. The average molecular weight is 286 g/mol. The number of esters is 1. The molecule has 0 atom stereocenters. The third kappa shape index (κ3) is 2.20. The maximum atomic E-state index is 13.0. The molecule has 0 saturated carbocycles. The predicted octanol–water partition coefficient (Wildman–Crippen LogP) is 2.24. The zero-order valence-corrected chi connectivity index (χ0v) is 11.1. The van der Waals surface area contributed by atoms with Gasteiger partial charge in [0.05, 0.1) is 29.4 Å². The lowest BCUT2D eigenvalue weighted by Gasteiger charge is -2.04. The van der Waals surface area contributed by atoms with Crippen molar-refractivity contribution < 1.29 is 13.9 Å². The second kappa shape index (κ2) is 4.90. The fourth-order valence-corrected chi connectivity index (χ4v) is 2.20. The smallest absolute Gasteiger partial charge is 0.337 e. The summed E-state index contributed by atoms with van der Waals surface area (Å²) in [5.41, 5.74) is 1.63. The lowest BCUT2D eigenvalue weighted by atomic mass is 10.2. The Morgan fingerprint density at radius 1 is 1.19 bits per heavy atom. The van der Waals surface area contributed by atoms with Crippen molar-refractivity contribution in [2.45, 2.75) is 0 Å². The van der Waals surface area contributed by atoms with Gasteiger partial charge in [-0.25, -0.2) is 14.0 Å². The number of H-pyrrole nitrogens is 1. The van der Waals surface area contributed by atoms with E-state index in [0.717, 1.165) is 0 Å². The number of nitrogens with one attached hydrogen (secondary N) is 1. The molecule has 0 saturated heterocycles. The van der Waals surface area contributed by atoms with Crippen LogP contribution in [0.1, 0.15) is 10.4 Å². The van der Waals surface area contributed by atoms with Crippen LogP contribution in [0.25, 0.3) is 16.7 Å². The quantitative estimate of drug-likeness (QED) is 0.735. The van der Waals surface area contributed by atoms with Crippen LogP contribution in [0.5, 0.6) is 0 Å². The Morgan fingerprint density at radius 2 is 1.90 bits per heavy atom. The molecular weight excluding hydrogens is 275 g/mol. The van der Waals surface area contributed by atoms with Gasteiger partial charge < -0.3 is 9.72 Å². The molecule has 0 amide bonds. The van der Waals surface area contributed by atoms with Gasteiger partial charge in [0.25, 0.3) is 0 Å². The number of fused-ring (bicyclic) bond motifs is 1. The van der Waals surface area contributed by atoms with E-state index in [0.29, 0.717) is 22.3 Å². The van der Waals surface area contributed by atoms with Crippen LogP contribution in [-0.4, -0.2) is 22.6 Å². The van der Waals surface area contributed by atoms with E-state index in [1.807, 2.05) is 0 Å². The molecule has 0 aliphatic rings.